The molecule has 0 spiro atoms. The lowest BCUT2D eigenvalue weighted by molar-refractivity contribution is -0.111. The molecule has 4 N–H and O–H groups in total. The van der Waals surface area contributed by atoms with Gasteiger partial charge in [0.05, 0.1) is 5.56 Å². The van der Waals surface area contributed by atoms with Gasteiger partial charge in [-0.25, -0.2) is 9.97 Å². The van der Waals surface area contributed by atoms with E-state index in [2.05, 4.69) is 33.7 Å². The van der Waals surface area contributed by atoms with Crippen LogP contribution in [0.25, 0.3) is 0 Å². The summed E-state index contributed by atoms with van der Waals surface area (Å²) in [6.45, 7) is 6.03. The molecule has 2 fully saturated rings. The van der Waals surface area contributed by atoms with E-state index in [0.29, 0.717) is 17.1 Å². The molecule has 1 aromatic heterocycles. The summed E-state index contributed by atoms with van der Waals surface area (Å²) in [5, 5.41) is 6.45. The van der Waals surface area contributed by atoms with E-state index in [4.69, 9.17) is 15.9 Å². The Labute approximate surface area is 159 Å². The normalized spacial score (nSPS) is 19.0. The van der Waals surface area contributed by atoms with Crippen LogP contribution in [0, 0.1) is 0 Å². The van der Waals surface area contributed by atoms with Crippen LogP contribution in [-0.2, 0) is 0 Å². The first kappa shape index (κ1) is 17.7. The van der Waals surface area contributed by atoms with E-state index in [-0.39, 0.29) is 5.60 Å². The minimum Gasteiger partial charge on any atom is -0.488 e. The molecular formula is C20H27N6O+. The molecule has 1 aliphatic heterocycles. The van der Waals surface area contributed by atoms with Crippen molar-refractivity contribution in [1.29, 1.82) is 0 Å². The van der Waals surface area contributed by atoms with Crippen LogP contribution in [-0.4, -0.2) is 59.4 Å². The highest BCUT2D eigenvalue weighted by molar-refractivity contribution is 6.11. The molecule has 0 radical (unpaired) electrons. The molecule has 0 atom stereocenters. The molecule has 7 heteroatoms. The monoisotopic (exact) mass is 367 g/mol. The number of nitrogen functional groups attached to an aromatic ring is 1. The van der Waals surface area contributed by atoms with Crippen LogP contribution in [0.4, 0.5) is 11.5 Å². The summed E-state index contributed by atoms with van der Waals surface area (Å²) in [6.07, 6.45) is 3.72. The number of nitrogens with zero attached hydrogens (tertiary/aromatic N) is 4. The quantitative estimate of drug-likeness (QED) is 0.585. The van der Waals surface area contributed by atoms with Crippen molar-refractivity contribution in [3.05, 3.63) is 41.9 Å². The molecule has 2 heterocycles. The molecule has 1 aromatic carbocycles. The zero-order chi connectivity index (χ0) is 19.0. The summed E-state index contributed by atoms with van der Waals surface area (Å²) in [5.41, 5.74) is 8.72. The van der Waals surface area contributed by atoms with E-state index in [1.165, 1.54) is 0 Å². The summed E-state index contributed by atoms with van der Waals surface area (Å²) >= 11 is 0. The zero-order valence-corrected chi connectivity index (χ0v) is 16.0. The third-order valence-electron chi connectivity index (χ3n) is 5.39. The van der Waals surface area contributed by atoms with Gasteiger partial charge < -0.3 is 20.3 Å². The van der Waals surface area contributed by atoms with Crippen molar-refractivity contribution < 1.29 is 10.1 Å². The Kier molecular flexibility index (Phi) is 4.47. The van der Waals surface area contributed by atoms with E-state index in [1.807, 2.05) is 24.3 Å². The van der Waals surface area contributed by atoms with Crippen molar-refractivity contribution in [2.75, 3.05) is 43.9 Å². The minimum atomic E-state index is -0.0499. The van der Waals surface area contributed by atoms with Crippen LogP contribution in [0.5, 0.6) is 5.75 Å². The van der Waals surface area contributed by atoms with Gasteiger partial charge in [0, 0.05) is 37.9 Å². The topological polar surface area (TPSA) is 93.1 Å². The third kappa shape index (κ3) is 3.88. The maximum absolute atomic E-state index is 6.45. The second-order valence-corrected chi connectivity index (χ2v) is 7.77. The Hall–Kier alpha value is -2.67. The molecule has 1 saturated heterocycles. The van der Waals surface area contributed by atoms with Crippen LogP contribution in [0.15, 0.2) is 30.6 Å². The Morgan fingerprint density at radius 3 is 2.59 bits per heavy atom. The molecule has 7 nitrogen and oxygen atoms in total. The van der Waals surface area contributed by atoms with Crippen LogP contribution in [0.3, 0.4) is 0 Å². The maximum atomic E-state index is 6.45. The number of nitrogens with two attached hydrogens (primary N) is 2. The average molecular weight is 367 g/mol. The molecule has 1 saturated carbocycles. The third-order valence-corrected chi connectivity index (χ3v) is 5.39. The number of rotatable bonds is 5. The lowest BCUT2D eigenvalue weighted by Gasteiger charge is -2.33. The fourth-order valence-electron chi connectivity index (χ4n) is 3.24. The van der Waals surface area contributed by atoms with Gasteiger partial charge in [-0.3, -0.25) is 5.41 Å². The minimum absolute atomic E-state index is 0.0499. The largest absolute Gasteiger partial charge is 0.488 e. The summed E-state index contributed by atoms with van der Waals surface area (Å²) in [7, 11) is 2.13. The summed E-state index contributed by atoms with van der Waals surface area (Å²) in [5.74, 6) is 1.68. The number of hydrogen-bond acceptors (Lipinski definition) is 6. The van der Waals surface area contributed by atoms with Gasteiger partial charge in [0.25, 0.3) is 0 Å². The van der Waals surface area contributed by atoms with Gasteiger partial charge in [-0.1, -0.05) is 0 Å². The zero-order valence-electron chi connectivity index (χ0n) is 16.0. The van der Waals surface area contributed by atoms with Crippen LogP contribution in [0.1, 0.15) is 31.0 Å². The number of likely N-dealkylation sites (N-methyl/N-ethyl adjacent to an activating group) is 1. The van der Waals surface area contributed by atoms with Gasteiger partial charge >= 0.3 is 0 Å². The standard InChI is InChI=1S/C20H26N6O/c1-20(5-6-20)27-14-3-4-16(21)15(11-14)19(22)17-12-18(24-13-23-17)26-9-7-25(2)8-10-26/h3-4,11-13,22H,5-10,21H2,1-2H3/p+1. The SMILES string of the molecule is CN1CCN(c2cc(C(=[NH2+])c3cc(OC4(C)CC4)ccc3N)ncn2)CC1. The van der Waals surface area contributed by atoms with E-state index in [0.717, 1.165) is 56.2 Å². The number of aromatic nitrogens is 2. The predicted molar refractivity (Wildman–Crippen MR) is 106 cm³/mol. The first-order valence-electron chi connectivity index (χ1n) is 9.41. The van der Waals surface area contributed by atoms with E-state index in [9.17, 15) is 0 Å². The van der Waals surface area contributed by atoms with Crippen molar-refractivity contribution in [3.63, 3.8) is 0 Å². The molecule has 2 aromatic rings. The van der Waals surface area contributed by atoms with Crippen molar-refractivity contribution >= 4 is 17.2 Å². The smallest absolute Gasteiger partial charge is 0.232 e. The lowest BCUT2D eigenvalue weighted by atomic mass is 10.0. The second kappa shape index (κ2) is 6.81. The number of piperazine rings is 1. The lowest BCUT2D eigenvalue weighted by Crippen LogP contribution is -2.45. The van der Waals surface area contributed by atoms with Crippen LogP contribution >= 0.6 is 0 Å². The van der Waals surface area contributed by atoms with Crippen molar-refractivity contribution in [2.45, 2.75) is 25.4 Å². The second-order valence-electron chi connectivity index (χ2n) is 7.77. The first-order chi connectivity index (χ1) is 12.9. The van der Waals surface area contributed by atoms with Gasteiger partial charge in [0.1, 0.15) is 29.2 Å². The molecular weight excluding hydrogens is 340 g/mol. The van der Waals surface area contributed by atoms with Gasteiger partial charge in [-0.05, 0) is 45.0 Å². The van der Waals surface area contributed by atoms with Gasteiger partial charge in [0.15, 0.2) is 0 Å². The summed E-state index contributed by atoms with van der Waals surface area (Å²) in [6, 6.07) is 7.58. The highest BCUT2D eigenvalue weighted by Gasteiger charge is 2.40. The first-order valence-corrected chi connectivity index (χ1v) is 9.41. The highest BCUT2D eigenvalue weighted by Crippen LogP contribution is 2.40. The fraction of sp³-hybridized carbons (Fsp3) is 0.450. The molecule has 27 heavy (non-hydrogen) atoms. The molecule has 0 amide bonds. The molecule has 4 rings (SSSR count). The Morgan fingerprint density at radius 1 is 1.15 bits per heavy atom. The van der Waals surface area contributed by atoms with Crippen LogP contribution < -0.4 is 20.8 Å². The van der Waals surface area contributed by atoms with Crippen molar-refractivity contribution in [1.82, 2.24) is 14.9 Å². The summed E-state index contributed by atoms with van der Waals surface area (Å²) < 4.78 is 6.05. The molecule has 2 aliphatic rings. The van der Waals surface area contributed by atoms with Crippen LogP contribution in [0.2, 0.25) is 0 Å². The van der Waals surface area contributed by atoms with E-state index >= 15 is 0 Å². The average Bonchev–Trinajstić information content (AvgIpc) is 3.40. The predicted octanol–water partition coefficient (Wildman–Crippen LogP) is 0.338. The van der Waals surface area contributed by atoms with Gasteiger partial charge in [-0.2, -0.15) is 0 Å². The Bertz CT molecular complexity index is 855. The van der Waals surface area contributed by atoms with Gasteiger partial charge in [-0.15, -0.1) is 0 Å². The molecule has 0 unspecified atom stereocenters. The Balaban J connectivity index is 1.57. The van der Waals surface area contributed by atoms with E-state index in [1.54, 1.807) is 6.33 Å². The molecule has 1 aliphatic carbocycles. The fourth-order valence-corrected chi connectivity index (χ4v) is 3.24. The number of benzene rings is 1. The number of anilines is 2. The summed E-state index contributed by atoms with van der Waals surface area (Å²) in [4.78, 5) is 13.4. The molecule has 0 bridgehead atoms. The Morgan fingerprint density at radius 2 is 1.89 bits per heavy atom. The van der Waals surface area contributed by atoms with Gasteiger partial charge in [0.2, 0.25) is 5.71 Å². The maximum Gasteiger partial charge on any atom is 0.232 e. The highest BCUT2D eigenvalue weighted by atomic mass is 16.5. The number of ether oxygens (including phenoxy) is 1. The van der Waals surface area contributed by atoms with Crippen molar-refractivity contribution in [2.24, 2.45) is 0 Å². The molecule has 142 valence electrons. The van der Waals surface area contributed by atoms with E-state index < -0.39 is 0 Å². The number of hydrogen-bond donors (Lipinski definition) is 2. The van der Waals surface area contributed by atoms with Crippen molar-refractivity contribution in [3.8, 4) is 5.75 Å².